The zero-order chi connectivity index (χ0) is 17.8. The van der Waals surface area contributed by atoms with E-state index in [9.17, 15) is 5.26 Å². The number of aromatic nitrogens is 1. The summed E-state index contributed by atoms with van der Waals surface area (Å²) >= 11 is 7.58. The fourth-order valence-corrected chi connectivity index (χ4v) is 3.21. The van der Waals surface area contributed by atoms with Gasteiger partial charge in [-0.15, -0.1) is 11.3 Å². The van der Waals surface area contributed by atoms with Crippen molar-refractivity contribution in [2.24, 2.45) is 0 Å². The van der Waals surface area contributed by atoms with Gasteiger partial charge in [0.05, 0.1) is 5.69 Å². The average molecular weight is 366 g/mol. The van der Waals surface area contributed by atoms with Gasteiger partial charge in [-0.05, 0) is 31.5 Å². The lowest BCUT2D eigenvalue weighted by Gasteiger charge is -2.04. The molecule has 2 aromatic carbocycles. The van der Waals surface area contributed by atoms with Crippen LogP contribution in [0.15, 0.2) is 54.0 Å². The van der Waals surface area contributed by atoms with Crippen LogP contribution in [-0.4, -0.2) is 4.98 Å². The zero-order valence-electron chi connectivity index (χ0n) is 13.9. The molecule has 0 aliphatic rings. The molecular weight excluding hydrogens is 350 g/mol. The van der Waals surface area contributed by atoms with Gasteiger partial charge in [-0.25, -0.2) is 4.98 Å². The van der Waals surface area contributed by atoms with Crippen LogP contribution < -0.4 is 5.32 Å². The normalized spacial score (nSPS) is 11.2. The Hall–Kier alpha value is -2.61. The van der Waals surface area contributed by atoms with E-state index in [0.29, 0.717) is 15.6 Å². The second kappa shape index (κ2) is 7.52. The third-order valence-corrected chi connectivity index (χ3v) is 5.04. The number of anilines is 1. The van der Waals surface area contributed by atoms with Gasteiger partial charge < -0.3 is 5.32 Å². The minimum Gasteiger partial charge on any atom is -0.360 e. The predicted molar refractivity (Wildman–Crippen MR) is 106 cm³/mol. The first kappa shape index (κ1) is 17.2. The summed E-state index contributed by atoms with van der Waals surface area (Å²) in [7, 11) is 0. The quantitative estimate of drug-likeness (QED) is 0.572. The average Bonchev–Trinajstić information content (AvgIpc) is 3.09. The van der Waals surface area contributed by atoms with Crippen molar-refractivity contribution in [1.82, 2.24) is 4.98 Å². The Kier molecular flexibility index (Phi) is 5.18. The van der Waals surface area contributed by atoms with Gasteiger partial charge in [-0.1, -0.05) is 47.5 Å². The van der Waals surface area contributed by atoms with E-state index in [0.717, 1.165) is 22.5 Å². The Morgan fingerprint density at radius 1 is 1.20 bits per heavy atom. The fourth-order valence-electron chi connectivity index (χ4n) is 2.23. The standard InChI is InChI=1S/C20H16ClN3S/c1-13-3-6-15(7-4-13)19-12-25-20(24-19)16(10-22)11-23-17-8-5-14(2)18(21)9-17/h3-9,11-12,23H,1-2H3/b16-11+. The Morgan fingerprint density at radius 2 is 1.96 bits per heavy atom. The molecule has 0 saturated heterocycles. The molecule has 3 rings (SSSR count). The van der Waals surface area contributed by atoms with Gasteiger partial charge in [0.25, 0.3) is 0 Å². The molecule has 1 N–H and O–H groups in total. The maximum atomic E-state index is 9.45. The van der Waals surface area contributed by atoms with Crippen LogP contribution in [0.1, 0.15) is 16.1 Å². The molecule has 0 aliphatic heterocycles. The summed E-state index contributed by atoms with van der Waals surface area (Å²) in [6, 6.07) is 16.1. The van der Waals surface area contributed by atoms with E-state index in [4.69, 9.17) is 11.6 Å². The molecule has 25 heavy (non-hydrogen) atoms. The topological polar surface area (TPSA) is 48.7 Å². The van der Waals surface area contributed by atoms with E-state index in [2.05, 4.69) is 35.4 Å². The molecule has 1 aromatic heterocycles. The van der Waals surface area contributed by atoms with E-state index in [1.807, 2.05) is 42.6 Å². The van der Waals surface area contributed by atoms with Crippen molar-refractivity contribution in [3.05, 3.63) is 75.2 Å². The van der Waals surface area contributed by atoms with E-state index in [-0.39, 0.29) is 0 Å². The molecule has 124 valence electrons. The number of halogens is 1. The summed E-state index contributed by atoms with van der Waals surface area (Å²) in [5.74, 6) is 0. The second-order valence-electron chi connectivity index (χ2n) is 5.68. The first-order chi connectivity index (χ1) is 12.1. The number of hydrogen-bond acceptors (Lipinski definition) is 4. The first-order valence-corrected chi connectivity index (χ1v) is 8.98. The summed E-state index contributed by atoms with van der Waals surface area (Å²) in [5.41, 5.74) is 5.46. The van der Waals surface area contributed by atoms with E-state index in [1.165, 1.54) is 16.9 Å². The van der Waals surface area contributed by atoms with Crippen molar-refractivity contribution in [3.63, 3.8) is 0 Å². The Balaban J connectivity index is 1.82. The summed E-state index contributed by atoms with van der Waals surface area (Å²) in [5, 5.41) is 15.9. The number of hydrogen-bond donors (Lipinski definition) is 1. The SMILES string of the molecule is Cc1ccc(-c2csc(/C(C#N)=C/Nc3ccc(C)c(Cl)c3)n2)cc1. The minimum atomic E-state index is 0.486. The lowest BCUT2D eigenvalue weighted by molar-refractivity contribution is 1.35. The molecule has 0 unspecified atom stereocenters. The molecule has 0 amide bonds. The number of nitrogens with one attached hydrogen (secondary N) is 1. The van der Waals surface area contributed by atoms with Crippen LogP contribution in [0, 0.1) is 25.2 Å². The van der Waals surface area contributed by atoms with E-state index < -0.39 is 0 Å². The van der Waals surface area contributed by atoms with Gasteiger partial charge in [0.1, 0.15) is 16.6 Å². The van der Waals surface area contributed by atoms with Crippen LogP contribution in [0.3, 0.4) is 0 Å². The summed E-state index contributed by atoms with van der Waals surface area (Å²) < 4.78 is 0. The first-order valence-electron chi connectivity index (χ1n) is 7.73. The summed E-state index contributed by atoms with van der Waals surface area (Å²) in [6.07, 6.45) is 1.67. The molecule has 0 fully saturated rings. The highest BCUT2D eigenvalue weighted by molar-refractivity contribution is 7.11. The molecule has 3 aromatic rings. The zero-order valence-corrected chi connectivity index (χ0v) is 15.4. The van der Waals surface area contributed by atoms with Crippen molar-refractivity contribution in [3.8, 4) is 17.3 Å². The molecule has 3 nitrogen and oxygen atoms in total. The molecule has 0 spiro atoms. The third-order valence-electron chi connectivity index (χ3n) is 3.76. The minimum absolute atomic E-state index is 0.486. The smallest absolute Gasteiger partial charge is 0.136 e. The van der Waals surface area contributed by atoms with Crippen molar-refractivity contribution >= 4 is 34.2 Å². The van der Waals surface area contributed by atoms with Gasteiger partial charge in [-0.2, -0.15) is 5.26 Å². The maximum absolute atomic E-state index is 9.45. The monoisotopic (exact) mass is 365 g/mol. The molecule has 0 aliphatic carbocycles. The Morgan fingerprint density at radius 3 is 2.64 bits per heavy atom. The fraction of sp³-hybridized carbons (Fsp3) is 0.100. The van der Waals surface area contributed by atoms with Gasteiger partial charge in [0.2, 0.25) is 0 Å². The van der Waals surface area contributed by atoms with Gasteiger partial charge in [0, 0.05) is 27.9 Å². The number of allylic oxidation sites excluding steroid dienone is 1. The number of nitriles is 1. The predicted octanol–water partition coefficient (Wildman–Crippen LogP) is 6.06. The lowest BCUT2D eigenvalue weighted by Crippen LogP contribution is -1.91. The number of aryl methyl sites for hydroxylation is 2. The highest BCUT2D eigenvalue weighted by atomic mass is 35.5. The number of thiazole rings is 1. The number of benzene rings is 2. The molecule has 0 saturated carbocycles. The van der Waals surface area contributed by atoms with Crippen LogP contribution in [0.25, 0.3) is 16.8 Å². The van der Waals surface area contributed by atoms with Crippen molar-refractivity contribution in [1.29, 1.82) is 5.26 Å². The van der Waals surface area contributed by atoms with E-state index in [1.54, 1.807) is 6.20 Å². The highest BCUT2D eigenvalue weighted by Gasteiger charge is 2.09. The van der Waals surface area contributed by atoms with Gasteiger partial charge in [-0.3, -0.25) is 0 Å². The lowest BCUT2D eigenvalue weighted by atomic mass is 10.1. The molecular formula is C20H16ClN3S. The van der Waals surface area contributed by atoms with Crippen molar-refractivity contribution in [2.75, 3.05) is 5.32 Å². The molecule has 0 atom stereocenters. The van der Waals surface area contributed by atoms with Crippen LogP contribution in [-0.2, 0) is 0 Å². The third kappa shape index (κ3) is 4.08. The second-order valence-corrected chi connectivity index (χ2v) is 6.95. The molecule has 5 heteroatoms. The van der Waals surface area contributed by atoms with Crippen LogP contribution >= 0.6 is 22.9 Å². The maximum Gasteiger partial charge on any atom is 0.136 e. The summed E-state index contributed by atoms with van der Waals surface area (Å²) in [6.45, 7) is 4.00. The van der Waals surface area contributed by atoms with E-state index >= 15 is 0 Å². The highest BCUT2D eigenvalue weighted by Crippen LogP contribution is 2.27. The van der Waals surface area contributed by atoms with Gasteiger partial charge >= 0.3 is 0 Å². The van der Waals surface area contributed by atoms with Crippen LogP contribution in [0.5, 0.6) is 0 Å². The Bertz CT molecular complexity index is 965. The number of nitrogens with zero attached hydrogens (tertiary/aromatic N) is 2. The molecule has 0 bridgehead atoms. The van der Waals surface area contributed by atoms with Crippen LogP contribution in [0.4, 0.5) is 5.69 Å². The molecule has 1 heterocycles. The Labute approximate surface area is 156 Å². The van der Waals surface area contributed by atoms with Crippen molar-refractivity contribution < 1.29 is 0 Å². The molecule has 0 radical (unpaired) electrons. The summed E-state index contributed by atoms with van der Waals surface area (Å²) in [4.78, 5) is 4.59. The van der Waals surface area contributed by atoms with Gasteiger partial charge in [0.15, 0.2) is 0 Å². The van der Waals surface area contributed by atoms with Crippen LogP contribution in [0.2, 0.25) is 5.02 Å². The van der Waals surface area contributed by atoms with Crippen molar-refractivity contribution in [2.45, 2.75) is 13.8 Å². The largest absolute Gasteiger partial charge is 0.360 e. The number of rotatable bonds is 4.